The summed E-state index contributed by atoms with van der Waals surface area (Å²) in [7, 11) is -3.03. The maximum Gasteiger partial charge on any atom is 0.211 e. The van der Waals surface area contributed by atoms with Gasteiger partial charge in [-0.3, -0.25) is 4.90 Å². The van der Waals surface area contributed by atoms with Gasteiger partial charge in [-0.15, -0.1) is 11.3 Å². The van der Waals surface area contributed by atoms with Gasteiger partial charge in [0, 0.05) is 37.6 Å². The second kappa shape index (κ2) is 5.24. The van der Waals surface area contributed by atoms with Gasteiger partial charge < -0.3 is 0 Å². The Balaban J connectivity index is 1.87. The molecule has 1 aliphatic rings. The lowest BCUT2D eigenvalue weighted by atomic mass is 10.3. The molecular formula is C10H15ClN2O2S2. The van der Waals surface area contributed by atoms with Crippen LogP contribution in [0.5, 0.6) is 0 Å². The number of hydrogen-bond acceptors (Lipinski definition) is 4. The van der Waals surface area contributed by atoms with E-state index >= 15 is 0 Å². The average molecular weight is 295 g/mol. The highest BCUT2D eigenvalue weighted by Crippen LogP contribution is 2.23. The summed E-state index contributed by atoms with van der Waals surface area (Å²) in [6, 6.07) is 3.92. The van der Waals surface area contributed by atoms with Crippen molar-refractivity contribution >= 4 is 33.0 Å². The van der Waals surface area contributed by atoms with Gasteiger partial charge in [0.15, 0.2) is 0 Å². The first kappa shape index (κ1) is 13.3. The highest BCUT2D eigenvalue weighted by atomic mass is 35.5. The minimum absolute atomic E-state index is 0.581. The molecule has 2 heterocycles. The molecule has 0 aliphatic carbocycles. The van der Waals surface area contributed by atoms with E-state index in [1.165, 1.54) is 15.4 Å². The predicted molar refractivity (Wildman–Crippen MR) is 71.0 cm³/mol. The third kappa shape index (κ3) is 3.66. The molecule has 1 fully saturated rings. The minimum Gasteiger partial charge on any atom is -0.296 e. The van der Waals surface area contributed by atoms with Crippen LogP contribution in [0.15, 0.2) is 12.1 Å². The molecule has 0 radical (unpaired) electrons. The molecule has 2 rings (SSSR count). The molecule has 0 N–H and O–H groups in total. The van der Waals surface area contributed by atoms with Crippen LogP contribution in [-0.2, 0) is 16.6 Å². The Bertz CT molecular complexity index is 478. The Morgan fingerprint density at radius 2 is 1.94 bits per heavy atom. The molecule has 1 aliphatic heterocycles. The van der Waals surface area contributed by atoms with E-state index in [2.05, 4.69) is 4.90 Å². The lowest BCUT2D eigenvalue weighted by Crippen LogP contribution is -2.47. The molecule has 0 bridgehead atoms. The molecule has 0 unspecified atom stereocenters. The lowest BCUT2D eigenvalue weighted by molar-refractivity contribution is 0.183. The molecule has 17 heavy (non-hydrogen) atoms. The molecule has 0 amide bonds. The van der Waals surface area contributed by atoms with Gasteiger partial charge >= 0.3 is 0 Å². The van der Waals surface area contributed by atoms with Crippen LogP contribution in [0.4, 0.5) is 0 Å². The first-order chi connectivity index (χ1) is 7.95. The van der Waals surface area contributed by atoms with Gasteiger partial charge in [-0.1, -0.05) is 11.6 Å². The number of rotatable bonds is 3. The summed E-state index contributed by atoms with van der Waals surface area (Å²) in [5, 5.41) is 0. The molecule has 1 aromatic rings. The van der Waals surface area contributed by atoms with Crippen LogP contribution in [0, 0.1) is 0 Å². The van der Waals surface area contributed by atoms with Crippen LogP contribution >= 0.6 is 22.9 Å². The fourth-order valence-electron chi connectivity index (χ4n) is 1.88. The van der Waals surface area contributed by atoms with E-state index in [-0.39, 0.29) is 0 Å². The SMILES string of the molecule is CS(=O)(=O)N1CCN(Cc2ccc(Cl)s2)CC1. The molecule has 0 spiro atoms. The van der Waals surface area contributed by atoms with Crippen LogP contribution in [-0.4, -0.2) is 50.1 Å². The Kier molecular flexibility index (Phi) is 4.10. The number of halogens is 1. The van der Waals surface area contributed by atoms with Crippen molar-refractivity contribution < 1.29 is 8.42 Å². The van der Waals surface area contributed by atoms with Gasteiger partial charge in [-0.05, 0) is 12.1 Å². The molecule has 0 aromatic carbocycles. The lowest BCUT2D eigenvalue weighted by Gasteiger charge is -2.32. The fourth-order valence-corrected chi connectivity index (χ4v) is 3.83. The normalized spacial score (nSPS) is 19.6. The second-order valence-electron chi connectivity index (χ2n) is 4.14. The molecule has 1 saturated heterocycles. The van der Waals surface area contributed by atoms with Crippen LogP contribution in [0.2, 0.25) is 4.34 Å². The Morgan fingerprint density at radius 3 is 2.41 bits per heavy atom. The van der Waals surface area contributed by atoms with Crippen molar-refractivity contribution in [1.29, 1.82) is 0 Å². The van der Waals surface area contributed by atoms with Crippen molar-refractivity contribution in [2.45, 2.75) is 6.54 Å². The van der Waals surface area contributed by atoms with Crippen molar-refractivity contribution in [2.75, 3.05) is 32.4 Å². The standard InChI is InChI=1S/C10H15ClN2O2S2/c1-17(14,15)13-6-4-12(5-7-13)8-9-2-3-10(11)16-9/h2-3H,4-8H2,1H3. The molecule has 1 aromatic heterocycles. The third-order valence-electron chi connectivity index (χ3n) is 2.81. The van der Waals surface area contributed by atoms with Gasteiger partial charge in [-0.25, -0.2) is 8.42 Å². The first-order valence-corrected chi connectivity index (χ1v) is 8.41. The fraction of sp³-hybridized carbons (Fsp3) is 0.600. The third-order valence-corrected chi connectivity index (χ3v) is 5.33. The van der Waals surface area contributed by atoms with E-state index in [1.807, 2.05) is 12.1 Å². The maximum absolute atomic E-state index is 11.3. The molecule has 4 nitrogen and oxygen atoms in total. The zero-order valence-corrected chi connectivity index (χ0v) is 12.0. The van der Waals surface area contributed by atoms with Crippen molar-refractivity contribution in [3.63, 3.8) is 0 Å². The van der Waals surface area contributed by atoms with Crippen molar-refractivity contribution in [1.82, 2.24) is 9.21 Å². The second-order valence-corrected chi connectivity index (χ2v) is 7.93. The summed E-state index contributed by atoms with van der Waals surface area (Å²) >= 11 is 7.45. The van der Waals surface area contributed by atoms with Crippen LogP contribution < -0.4 is 0 Å². The highest BCUT2D eigenvalue weighted by molar-refractivity contribution is 7.88. The number of sulfonamides is 1. The quantitative estimate of drug-likeness (QED) is 0.848. The Hall–Kier alpha value is -0.140. The van der Waals surface area contributed by atoms with E-state index < -0.39 is 10.0 Å². The van der Waals surface area contributed by atoms with E-state index in [0.717, 1.165) is 24.0 Å². The Morgan fingerprint density at radius 1 is 1.29 bits per heavy atom. The van der Waals surface area contributed by atoms with Crippen molar-refractivity contribution in [2.24, 2.45) is 0 Å². The minimum atomic E-state index is -3.03. The summed E-state index contributed by atoms with van der Waals surface area (Å²) in [6.07, 6.45) is 1.27. The van der Waals surface area contributed by atoms with Gasteiger partial charge in [0.25, 0.3) is 0 Å². The van der Waals surface area contributed by atoms with Gasteiger partial charge in [-0.2, -0.15) is 4.31 Å². The maximum atomic E-state index is 11.3. The summed E-state index contributed by atoms with van der Waals surface area (Å²) in [4.78, 5) is 3.48. The number of nitrogens with zero attached hydrogens (tertiary/aromatic N) is 2. The molecule has 0 saturated carbocycles. The van der Waals surface area contributed by atoms with E-state index in [0.29, 0.717) is 13.1 Å². The summed E-state index contributed by atoms with van der Waals surface area (Å²) in [5.74, 6) is 0. The van der Waals surface area contributed by atoms with Gasteiger partial charge in [0.2, 0.25) is 10.0 Å². The largest absolute Gasteiger partial charge is 0.296 e. The summed E-state index contributed by atoms with van der Waals surface area (Å²) < 4.78 is 25.0. The van der Waals surface area contributed by atoms with E-state index in [9.17, 15) is 8.42 Å². The summed E-state index contributed by atoms with van der Waals surface area (Å²) in [5.41, 5.74) is 0. The number of hydrogen-bond donors (Lipinski definition) is 0. The number of piperazine rings is 1. The van der Waals surface area contributed by atoms with Crippen molar-refractivity contribution in [3.05, 3.63) is 21.3 Å². The zero-order chi connectivity index (χ0) is 12.5. The van der Waals surface area contributed by atoms with Crippen LogP contribution in [0.1, 0.15) is 4.88 Å². The molecular weight excluding hydrogens is 280 g/mol. The molecule has 7 heteroatoms. The van der Waals surface area contributed by atoms with E-state index in [4.69, 9.17) is 11.6 Å². The van der Waals surface area contributed by atoms with Gasteiger partial charge in [0.05, 0.1) is 10.6 Å². The van der Waals surface area contributed by atoms with Crippen LogP contribution in [0.3, 0.4) is 0 Å². The van der Waals surface area contributed by atoms with Gasteiger partial charge in [0.1, 0.15) is 0 Å². The topological polar surface area (TPSA) is 40.6 Å². The smallest absolute Gasteiger partial charge is 0.211 e. The van der Waals surface area contributed by atoms with Crippen LogP contribution in [0.25, 0.3) is 0 Å². The molecule has 0 atom stereocenters. The first-order valence-electron chi connectivity index (χ1n) is 5.37. The van der Waals surface area contributed by atoms with E-state index in [1.54, 1.807) is 11.3 Å². The zero-order valence-electron chi connectivity index (χ0n) is 9.60. The summed E-state index contributed by atoms with van der Waals surface area (Å²) in [6.45, 7) is 3.58. The highest BCUT2D eigenvalue weighted by Gasteiger charge is 2.23. The Labute approximate surface area is 111 Å². The monoisotopic (exact) mass is 294 g/mol. The average Bonchev–Trinajstić information content (AvgIpc) is 2.63. The molecule has 96 valence electrons. The predicted octanol–water partition coefficient (Wildman–Crippen LogP) is 1.48. The van der Waals surface area contributed by atoms with Crippen molar-refractivity contribution in [3.8, 4) is 0 Å². The number of thiophene rings is 1.